The van der Waals surface area contributed by atoms with Crippen LogP contribution in [-0.4, -0.2) is 13.7 Å². The summed E-state index contributed by atoms with van der Waals surface area (Å²) in [5, 5.41) is 0. The van der Waals surface area contributed by atoms with Crippen LogP contribution >= 0.6 is 0 Å². The predicted molar refractivity (Wildman–Crippen MR) is 63.9 cm³/mol. The molecular formula is C15H22O. The molecule has 0 aromatic heterocycles. The Bertz CT molecular complexity index is 321. The molecule has 0 aliphatic heterocycles. The van der Waals surface area contributed by atoms with E-state index in [4.69, 9.17) is 4.74 Å². The van der Waals surface area contributed by atoms with Crippen LogP contribution in [0.5, 0.6) is 0 Å². The fourth-order valence-electron chi connectivity index (χ4n) is 5.75. The first-order valence-electron chi connectivity index (χ1n) is 7.05. The summed E-state index contributed by atoms with van der Waals surface area (Å²) in [6.45, 7) is 0.981. The maximum Gasteiger partial charge on any atom is 0.0465 e. The Morgan fingerprint density at radius 2 is 1.88 bits per heavy atom. The van der Waals surface area contributed by atoms with Crippen LogP contribution in [-0.2, 0) is 4.74 Å². The fourth-order valence-corrected chi connectivity index (χ4v) is 5.75. The molecule has 1 nitrogen and oxygen atoms in total. The van der Waals surface area contributed by atoms with Crippen molar-refractivity contribution in [3.05, 3.63) is 12.2 Å². The topological polar surface area (TPSA) is 9.23 Å². The van der Waals surface area contributed by atoms with E-state index in [-0.39, 0.29) is 0 Å². The standard InChI is InChI=1S/C15H22O/c1-16-5-4-9-6-12-8-13(9)15-11-3-2-10(7-11)14(12)15/h2-3,9-15H,4-8H2,1H3. The summed E-state index contributed by atoms with van der Waals surface area (Å²) in [6.07, 6.45) is 11.0. The molecule has 4 aliphatic carbocycles. The minimum Gasteiger partial charge on any atom is -0.385 e. The van der Waals surface area contributed by atoms with Crippen molar-refractivity contribution in [1.82, 2.24) is 0 Å². The van der Waals surface area contributed by atoms with Gasteiger partial charge in [-0.05, 0) is 67.1 Å². The number of methoxy groups -OCH3 is 1. The molecule has 0 aromatic carbocycles. The molecule has 3 fully saturated rings. The number of fused-ring (bicyclic) bond motifs is 9. The SMILES string of the molecule is COCCC1CC2CC1C1C3C=CC(C3)C21. The number of ether oxygens (including phenoxy) is 1. The highest BCUT2D eigenvalue weighted by Gasteiger charge is 2.60. The van der Waals surface area contributed by atoms with Gasteiger partial charge in [0.15, 0.2) is 0 Å². The molecule has 7 atom stereocenters. The molecular weight excluding hydrogens is 196 g/mol. The highest BCUT2D eigenvalue weighted by Crippen LogP contribution is 2.67. The Kier molecular flexibility index (Phi) is 2.03. The summed E-state index contributed by atoms with van der Waals surface area (Å²) in [7, 11) is 1.84. The molecule has 0 heterocycles. The van der Waals surface area contributed by atoms with E-state index in [9.17, 15) is 0 Å². The van der Waals surface area contributed by atoms with Crippen LogP contribution in [0.1, 0.15) is 25.7 Å². The van der Waals surface area contributed by atoms with Gasteiger partial charge in [-0.25, -0.2) is 0 Å². The zero-order chi connectivity index (χ0) is 10.7. The summed E-state index contributed by atoms with van der Waals surface area (Å²) >= 11 is 0. The molecule has 0 spiro atoms. The third kappa shape index (κ3) is 1.11. The third-order valence-electron chi connectivity index (χ3n) is 6.10. The lowest BCUT2D eigenvalue weighted by Gasteiger charge is -2.36. The lowest BCUT2D eigenvalue weighted by molar-refractivity contribution is 0.110. The molecule has 3 saturated carbocycles. The quantitative estimate of drug-likeness (QED) is 0.522. The first-order valence-corrected chi connectivity index (χ1v) is 7.05. The Balaban J connectivity index is 1.54. The average Bonchev–Trinajstić information content (AvgIpc) is 3.02. The summed E-state index contributed by atoms with van der Waals surface area (Å²) < 4.78 is 5.27. The molecule has 0 amide bonds. The normalized spacial score (nSPS) is 56.2. The molecule has 88 valence electrons. The molecule has 4 rings (SSSR count). The summed E-state index contributed by atoms with van der Waals surface area (Å²) in [4.78, 5) is 0. The molecule has 4 aliphatic rings. The smallest absolute Gasteiger partial charge is 0.0465 e. The van der Waals surface area contributed by atoms with Gasteiger partial charge in [0.1, 0.15) is 0 Å². The lowest BCUT2D eigenvalue weighted by atomic mass is 9.69. The van der Waals surface area contributed by atoms with E-state index < -0.39 is 0 Å². The van der Waals surface area contributed by atoms with E-state index >= 15 is 0 Å². The largest absolute Gasteiger partial charge is 0.385 e. The Hall–Kier alpha value is -0.300. The van der Waals surface area contributed by atoms with E-state index in [0.717, 1.165) is 48.0 Å². The van der Waals surface area contributed by atoms with Crippen LogP contribution in [0.15, 0.2) is 12.2 Å². The average molecular weight is 218 g/mol. The van der Waals surface area contributed by atoms with Gasteiger partial charge in [-0.15, -0.1) is 0 Å². The van der Waals surface area contributed by atoms with E-state index in [1.165, 1.54) is 19.3 Å². The molecule has 0 aromatic rings. The minimum absolute atomic E-state index is 0.968. The molecule has 0 radical (unpaired) electrons. The maximum atomic E-state index is 5.27. The van der Waals surface area contributed by atoms with Crippen molar-refractivity contribution in [3.8, 4) is 0 Å². The van der Waals surface area contributed by atoms with Gasteiger partial charge >= 0.3 is 0 Å². The van der Waals surface area contributed by atoms with Crippen LogP contribution in [0.25, 0.3) is 0 Å². The molecule has 4 bridgehead atoms. The van der Waals surface area contributed by atoms with Crippen molar-refractivity contribution >= 4 is 0 Å². The van der Waals surface area contributed by atoms with Gasteiger partial charge in [-0.2, -0.15) is 0 Å². The van der Waals surface area contributed by atoms with Crippen LogP contribution in [0.2, 0.25) is 0 Å². The van der Waals surface area contributed by atoms with Crippen LogP contribution in [0.3, 0.4) is 0 Å². The fraction of sp³-hybridized carbons (Fsp3) is 0.867. The first-order chi connectivity index (χ1) is 7.88. The monoisotopic (exact) mass is 218 g/mol. The van der Waals surface area contributed by atoms with Crippen molar-refractivity contribution in [2.75, 3.05) is 13.7 Å². The van der Waals surface area contributed by atoms with Gasteiger partial charge in [-0.3, -0.25) is 0 Å². The van der Waals surface area contributed by atoms with Gasteiger partial charge in [0.2, 0.25) is 0 Å². The second kappa shape index (κ2) is 3.35. The predicted octanol–water partition coefficient (Wildman–Crippen LogP) is 3.12. The molecule has 1 heteroatoms. The zero-order valence-corrected chi connectivity index (χ0v) is 10.1. The maximum absolute atomic E-state index is 5.27. The second-order valence-electron chi connectivity index (χ2n) is 6.54. The Labute approximate surface area is 98.2 Å². The van der Waals surface area contributed by atoms with Gasteiger partial charge in [-0.1, -0.05) is 12.2 Å². The first kappa shape index (κ1) is 9.70. The van der Waals surface area contributed by atoms with Crippen molar-refractivity contribution in [2.45, 2.75) is 25.7 Å². The van der Waals surface area contributed by atoms with Crippen molar-refractivity contribution in [1.29, 1.82) is 0 Å². The highest BCUT2D eigenvalue weighted by molar-refractivity contribution is 5.20. The number of rotatable bonds is 3. The van der Waals surface area contributed by atoms with Gasteiger partial charge in [0.05, 0.1) is 0 Å². The van der Waals surface area contributed by atoms with Gasteiger partial charge < -0.3 is 4.74 Å². The highest BCUT2D eigenvalue weighted by atomic mass is 16.5. The van der Waals surface area contributed by atoms with Crippen LogP contribution < -0.4 is 0 Å². The summed E-state index contributed by atoms with van der Waals surface area (Å²) in [6, 6.07) is 0. The number of hydrogen-bond donors (Lipinski definition) is 0. The van der Waals surface area contributed by atoms with Crippen molar-refractivity contribution < 1.29 is 4.74 Å². The van der Waals surface area contributed by atoms with Crippen LogP contribution in [0.4, 0.5) is 0 Å². The van der Waals surface area contributed by atoms with E-state index in [1.807, 2.05) is 7.11 Å². The lowest BCUT2D eigenvalue weighted by Crippen LogP contribution is -2.31. The third-order valence-corrected chi connectivity index (χ3v) is 6.10. The summed E-state index contributed by atoms with van der Waals surface area (Å²) in [5.41, 5.74) is 0. The van der Waals surface area contributed by atoms with E-state index in [1.54, 1.807) is 6.42 Å². The Morgan fingerprint density at radius 3 is 2.69 bits per heavy atom. The van der Waals surface area contributed by atoms with Crippen LogP contribution in [0, 0.1) is 41.4 Å². The summed E-state index contributed by atoms with van der Waals surface area (Å²) in [5.74, 6) is 7.26. The van der Waals surface area contributed by atoms with E-state index in [0.29, 0.717) is 0 Å². The van der Waals surface area contributed by atoms with Gasteiger partial charge in [0.25, 0.3) is 0 Å². The van der Waals surface area contributed by atoms with Crippen molar-refractivity contribution in [3.63, 3.8) is 0 Å². The molecule has 0 saturated heterocycles. The number of allylic oxidation sites excluding steroid dienone is 2. The molecule has 7 unspecified atom stereocenters. The Morgan fingerprint density at radius 1 is 1.06 bits per heavy atom. The second-order valence-corrected chi connectivity index (χ2v) is 6.54. The number of hydrogen-bond acceptors (Lipinski definition) is 1. The minimum atomic E-state index is 0.968. The molecule has 0 N–H and O–H groups in total. The molecule has 16 heavy (non-hydrogen) atoms. The zero-order valence-electron chi connectivity index (χ0n) is 10.1. The van der Waals surface area contributed by atoms with E-state index in [2.05, 4.69) is 12.2 Å². The van der Waals surface area contributed by atoms with Crippen molar-refractivity contribution in [2.24, 2.45) is 41.4 Å². The van der Waals surface area contributed by atoms with Gasteiger partial charge in [0, 0.05) is 13.7 Å².